The van der Waals surface area contributed by atoms with E-state index in [2.05, 4.69) is 5.32 Å². The van der Waals surface area contributed by atoms with Gasteiger partial charge >= 0.3 is 5.97 Å². The Kier molecular flexibility index (Phi) is 2.81. The molecule has 0 amide bonds. The molecule has 1 aliphatic heterocycles. The standard InChI is InChI=1S/C9H11NO3S/c11-9(12)8-2-1-7(14-8)3-10-6-4-13-5-6/h1-2,6,10H,3-5H2,(H,11,12). The van der Waals surface area contributed by atoms with E-state index >= 15 is 0 Å². The first-order chi connectivity index (χ1) is 6.75. The summed E-state index contributed by atoms with van der Waals surface area (Å²) in [4.78, 5) is 12.0. The van der Waals surface area contributed by atoms with Crippen molar-refractivity contribution in [2.75, 3.05) is 13.2 Å². The predicted octanol–water partition coefficient (Wildman–Crippen LogP) is 0.935. The Morgan fingerprint density at radius 2 is 2.43 bits per heavy atom. The number of rotatable bonds is 4. The lowest BCUT2D eigenvalue weighted by Crippen LogP contribution is -2.45. The Hall–Kier alpha value is -0.910. The largest absolute Gasteiger partial charge is 0.477 e. The monoisotopic (exact) mass is 213 g/mol. The quantitative estimate of drug-likeness (QED) is 0.781. The lowest BCUT2D eigenvalue weighted by atomic mass is 10.2. The molecule has 0 unspecified atom stereocenters. The number of hydrogen-bond donors (Lipinski definition) is 2. The van der Waals surface area contributed by atoms with Crippen molar-refractivity contribution >= 4 is 17.3 Å². The Morgan fingerprint density at radius 1 is 1.64 bits per heavy atom. The predicted molar refractivity (Wildman–Crippen MR) is 52.7 cm³/mol. The first-order valence-electron chi connectivity index (χ1n) is 4.39. The number of carbonyl (C=O) groups is 1. The number of ether oxygens (including phenoxy) is 1. The summed E-state index contributed by atoms with van der Waals surface area (Å²) in [5.41, 5.74) is 0. The SMILES string of the molecule is O=C(O)c1ccc(CNC2COC2)s1. The van der Waals surface area contributed by atoms with Gasteiger partial charge in [-0.05, 0) is 12.1 Å². The molecule has 1 fully saturated rings. The normalized spacial score (nSPS) is 16.6. The van der Waals surface area contributed by atoms with Crippen molar-refractivity contribution in [1.29, 1.82) is 0 Å². The Balaban J connectivity index is 1.86. The average molecular weight is 213 g/mol. The molecule has 4 nitrogen and oxygen atoms in total. The van der Waals surface area contributed by atoms with Crippen LogP contribution in [0.1, 0.15) is 14.5 Å². The highest BCUT2D eigenvalue weighted by Crippen LogP contribution is 2.16. The summed E-state index contributed by atoms with van der Waals surface area (Å²) in [7, 11) is 0. The van der Waals surface area contributed by atoms with E-state index in [4.69, 9.17) is 9.84 Å². The minimum atomic E-state index is -0.853. The molecule has 2 rings (SSSR count). The van der Waals surface area contributed by atoms with Crippen molar-refractivity contribution in [1.82, 2.24) is 5.32 Å². The lowest BCUT2D eigenvalue weighted by molar-refractivity contribution is -0.00567. The van der Waals surface area contributed by atoms with Gasteiger partial charge in [-0.3, -0.25) is 0 Å². The maximum atomic E-state index is 10.6. The summed E-state index contributed by atoms with van der Waals surface area (Å²) in [6, 6.07) is 3.92. The molecular formula is C9H11NO3S. The smallest absolute Gasteiger partial charge is 0.345 e. The first-order valence-corrected chi connectivity index (χ1v) is 5.20. The highest BCUT2D eigenvalue weighted by Gasteiger charge is 2.17. The summed E-state index contributed by atoms with van der Waals surface area (Å²) >= 11 is 1.31. The molecule has 0 bridgehead atoms. The van der Waals surface area contributed by atoms with Gasteiger partial charge in [-0.15, -0.1) is 11.3 Å². The van der Waals surface area contributed by atoms with Gasteiger partial charge in [0.05, 0.1) is 19.3 Å². The molecule has 0 aromatic carbocycles. The van der Waals surface area contributed by atoms with Crippen molar-refractivity contribution in [3.8, 4) is 0 Å². The van der Waals surface area contributed by atoms with Crippen molar-refractivity contribution in [3.63, 3.8) is 0 Å². The van der Waals surface area contributed by atoms with Gasteiger partial charge in [-0.2, -0.15) is 0 Å². The number of carboxylic acids is 1. The van der Waals surface area contributed by atoms with Crippen LogP contribution >= 0.6 is 11.3 Å². The molecule has 2 heterocycles. The van der Waals surface area contributed by atoms with Crippen LogP contribution < -0.4 is 5.32 Å². The zero-order valence-corrected chi connectivity index (χ0v) is 8.34. The number of thiophene rings is 1. The third kappa shape index (κ3) is 2.12. The summed E-state index contributed by atoms with van der Waals surface area (Å²) in [6.45, 7) is 2.25. The molecule has 76 valence electrons. The third-order valence-corrected chi connectivity index (χ3v) is 3.15. The van der Waals surface area contributed by atoms with Crippen molar-refractivity contribution in [2.24, 2.45) is 0 Å². The highest BCUT2D eigenvalue weighted by molar-refractivity contribution is 7.13. The van der Waals surface area contributed by atoms with E-state index in [1.165, 1.54) is 11.3 Å². The third-order valence-electron chi connectivity index (χ3n) is 2.08. The fourth-order valence-corrected chi connectivity index (χ4v) is 1.98. The second kappa shape index (κ2) is 4.08. The Labute approximate surface area is 85.5 Å². The molecule has 5 heteroatoms. The Morgan fingerprint density at radius 3 is 2.93 bits per heavy atom. The van der Waals surface area contributed by atoms with Crippen LogP contribution in [0.25, 0.3) is 0 Å². The zero-order valence-electron chi connectivity index (χ0n) is 7.53. The van der Waals surface area contributed by atoms with Crippen LogP contribution in [0.2, 0.25) is 0 Å². The van der Waals surface area contributed by atoms with E-state index in [9.17, 15) is 4.79 Å². The Bertz CT molecular complexity index is 333. The summed E-state index contributed by atoms with van der Waals surface area (Å²) in [5, 5.41) is 12.0. The van der Waals surface area contributed by atoms with Crippen LogP contribution in [0.5, 0.6) is 0 Å². The average Bonchev–Trinajstić information content (AvgIpc) is 2.50. The topological polar surface area (TPSA) is 58.6 Å². The fraction of sp³-hybridized carbons (Fsp3) is 0.444. The lowest BCUT2D eigenvalue weighted by Gasteiger charge is -2.26. The van der Waals surface area contributed by atoms with E-state index in [1.54, 1.807) is 6.07 Å². The second-order valence-corrected chi connectivity index (χ2v) is 4.35. The summed E-state index contributed by atoms with van der Waals surface area (Å²) < 4.78 is 5.01. The van der Waals surface area contributed by atoms with Crippen LogP contribution in [0.4, 0.5) is 0 Å². The van der Waals surface area contributed by atoms with Gasteiger partial charge in [-0.25, -0.2) is 4.79 Å². The highest BCUT2D eigenvalue weighted by atomic mass is 32.1. The van der Waals surface area contributed by atoms with Crippen molar-refractivity contribution in [2.45, 2.75) is 12.6 Å². The van der Waals surface area contributed by atoms with E-state index in [0.29, 0.717) is 10.9 Å². The maximum Gasteiger partial charge on any atom is 0.345 e. The van der Waals surface area contributed by atoms with Gasteiger partial charge in [0.2, 0.25) is 0 Å². The van der Waals surface area contributed by atoms with Gasteiger partial charge < -0.3 is 15.2 Å². The molecule has 0 spiro atoms. The van der Waals surface area contributed by atoms with Gasteiger partial charge in [0.25, 0.3) is 0 Å². The molecule has 2 N–H and O–H groups in total. The summed E-state index contributed by atoms with van der Waals surface area (Å²) in [5.74, 6) is -0.853. The summed E-state index contributed by atoms with van der Waals surface area (Å²) in [6.07, 6.45) is 0. The van der Waals surface area contributed by atoms with E-state index in [0.717, 1.165) is 24.6 Å². The molecule has 1 aliphatic rings. The molecular weight excluding hydrogens is 202 g/mol. The van der Waals surface area contributed by atoms with E-state index in [-0.39, 0.29) is 0 Å². The molecule has 0 atom stereocenters. The van der Waals surface area contributed by atoms with E-state index in [1.807, 2.05) is 6.07 Å². The molecule has 0 saturated carbocycles. The van der Waals surface area contributed by atoms with Gasteiger partial charge in [0.15, 0.2) is 0 Å². The van der Waals surface area contributed by atoms with Gasteiger partial charge in [0.1, 0.15) is 4.88 Å². The fourth-order valence-electron chi connectivity index (χ4n) is 1.19. The maximum absolute atomic E-state index is 10.6. The molecule has 1 aromatic heterocycles. The molecule has 0 aliphatic carbocycles. The van der Waals surface area contributed by atoms with Crippen LogP contribution in [-0.4, -0.2) is 30.3 Å². The van der Waals surface area contributed by atoms with Crippen LogP contribution in [0.15, 0.2) is 12.1 Å². The first kappa shape index (κ1) is 9.64. The molecule has 14 heavy (non-hydrogen) atoms. The number of aromatic carboxylic acids is 1. The number of hydrogen-bond acceptors (Lipinski definition) is 4. The zero-order chi connectivity index (χ0) is 9.97. The van der Waals surface area contributed by atoms with Crippen LogP contribution in [0, 0.1) is 0 Å². The van der Waals surface area contributed by atoms with E-state index < -0.39 is 5.97 Å². The molecule has 0 radical (unpaired) electrons. The van der Waals surface area contributed by atoms with Crippen molar-refractivity contribution < 1.29 is 14.6 Å². The van der Waals surface area contributed by atoms with Crippen LogP contribution in [0.3, 0.4) is 0 Å². The van der Waals surface area contributed by atoms with Gasteiger partial charge in [-0.1, -0.05) is 0 Å². The minimum Gasteiger partial charge on any atom is -0.477 e. The number of carboxylic acid groups (broad SMARTS) is 1. The van der Waals surface area contributed by atoms with Gasteiger partial charge in [0, 0.05) is 11.4 Å². The van der Waals surface area contributed by atoms with Crippen molar-refractivity contribution in [3.05, 3.63) is 21.9 Å². The molecule has 1 aromatic rings. The number of nitrogens with one attached hydrogen (secondary N) is 1. The molecule has 1 saturated heterocycles. The minimum absolute atomic E-state index is 0.395. The second-order valence-electron chi connectivity index (χ2n) is 3.19. The van der Waals surface area contributed by atoms with Crippen LogP contribution in [-0.2, 0) is 11.3 Å².